The molecule has 1 heterocycles. The molecule has 1 aromatic heterocycles. The summed E-state index contributed by atoms with van der Waals surface area (Å²) in [6.45, 7) is 4.43. The molecule has 3 N–H and O–H groups in total. The number of nitrogens with zero attached hydrogens (tertiary/aromatic N) is 1. The second-order valence-electron chi connectivity index (χ2n) is 5.50. The molecule has 1 unspecified atom stereocenters. The zero-order valence-corrected chi connectivity index (χ0v) is 11.6. The number of hydrazine groups is 1. The zero-order chi connectivity index (χ0) is 12.3. The molecule has 96 valence electrons. The van der Waals surface area contributed by atoms with Crippen LogP contribution in [0.25, 0.3) is 0 Å². The van der Waals surface area contributed by atoms with Crippen molar-refractivity contribution in [3.63, 3.8) is 0 Å². The maximum absolute atomic E-state index is 5.77. The number of hydrogen-bond acceptors (Lipinski definition) is 4. The Balaban J connectivity index is 2.05. The maximum Gasteiger partial charge on any atom is 0.0897 e. The molecule has 0 amide bonds. The number of nitrogens with two attached hydrogens (primary N) is 1. The average Bonchev–Trinajstić information content (AvgIpc) is 2.72. The monoisotopic (exact) mass is 253 g/mol. The first-order valence-corrected chi connectivity index (χ1v) is 7.39. The van der Waals surface area contributed by atoms with Crippen LogP contribution in [0.1, 0.15) is 49.7 Å². The van der Waals surface area contributed by atoms with Crippen LogP contribution in [0.3, 0.4) is 0 Å². The van der Waals surface area contributed by atoms with Crippen molar-refractivity contribution in [1.82, 2.24) is 10.4 Å². The molecule has 17 heavy (non-hydrogen) atoms. The van der Waals surface area contributed by atoms with E-state index >= 15 is 0 Å². The van der Waals surface area contributed by atoms with Crippen molar-refractivity contribution < 1.29 is 0 Å². The molecule has 0 radical (unpaired) electrons. The van der Waals surface area contributed by atoms with Crippen LogP contribution in [0.5, 0.6) is 0 Å². The summed E-state index contributed by atoms with van der Waals surface area (Å²) in [6.07, 6.45) is 7.57. The Labute approximate surface area is 108 Å². The maximum atomic E-state index is 5.77. The van der Waals surface area contributed by atoms with Crippen molar-refractivity contribution in [1.29, 1.82) is 0 Å². The van der Waals surface area contributed by atoms with Crippen LogP contribution < -0.4 is 11.3 Å². The standard InChI is InChI=1S/C13H23N3S/c1-10-15-11(9-17-10)8-12(16-14)13(2)6-4-3-5-7-13/h9,12,16H,3-8,14H2,1-2H3. The van der Waals surface area contributed by atoms with Gasteiger partial charge in [0, 0.05) is 17.8 Å². The van der Waals surface area contributed by atoms with Crippen molar-refractivity contribution in [2.24, 2.45) is 11.3 Å². The molecule has 0 aliphatic heterocycles. The third-order valence-corrected chi connectivity index (χ3v) is 4.94. The Morgan fingerprint density at radius 1 is 1.47 bits per heavy atom. The van der Waals surface area contributed by atoms with Gasteiger partial charge in [0.2, 0.25) is 0 Å². The van der Waals surface area contributed by atoms with Crippen molar-refractivity contribution >= 4 is 11.3 Å². The van der Waals surface area contributed by atoms with Crippen LogP contribution in [-0.4, -0.2) is 11.0 Å². The first-order valence-electron chi connectivity index (χ1n) is 6.51. The highest BCUT2D eigenvalue weighted by Crippen LogP contribution is 2.39. The minimum Gasteiger partial charge on any atom is -0.271 e. The summed E-state index contributed by atoms with van der Waals surface area (Å²) in [4.78, 5) is 4.55. The number of aryl methyl sites for hydroxylation is 1. The number of hydrogen-bond donors (Lipinski definition) is 2. The van der Waals surface area contributed by atoms with Gasteiger partial charge in [0.1, 0.15) is 0 Å². The molecule has 0 aromatic carbocycles. The van der Waals surface area contributed by atoms with Crippen molar-refractivity contribution in [2.75, 3.05) is 0 Å². The fourth-order valence-corrected chi connectivity index (χ4v) is 3.55. The molecule has 2 rings (SSSR count). The molecule has 1 aliphatic rings. The molecule has 3 nitrogen and oxygen atoms in total. The van der Waals surface area contributed by atoms with Gasteiger partial charge in [-0.15, -0.1) is 11.3 Å². The predicted molar refractivity (Wildman–Crippen MR) is 72.9 cm³/mol. The van der Waals surface area contributed by atoms with Gasteiger partial charge in [-0.2, -0.15) is 0 Å². The third kappa shape index (κ3) is 3.06. The summed E-state index contributed by atoms with van der Waals surface area (Å²) in [5.74, 6) is 5.77. The van der Waals surface area contributed by atoms with E-state index < -0.39 is 0 Å². The van der Waals surface area contributed by atoms with Crippen LogP contribution in [0.4, 0.5) is 0 Å². The highest BCUT2D eigenvalue weighted by molar-refractivity contribution is 7.09. The van der Waals surface area contributed by atoms with E-state index in [0.29, 0.717) is 11.5 Å². The zero-order valence-electron chi connectivity index (χ0n) is 10.8. The number of aromatic nitrogens is 1. The average molecular weight is 253 g/mol. The Bertz CT molecular complexity index is 355. The molecule has 1 fully saturated rings. The Kier molecular flexibility index (Phi) is 4.17. The van der Waals surface area contributed by atoms with Crippen LogP contribution in [0, 0.1) is 12.3 Å². The fraction of sp³-hybridized carbons (Fsp3) is 0.769. The lowest BCUT2D eigenvalue weighted by atomic mass is 9.69. The number of thiazole rings is 1. The minimum absolute atomic E-state index is 0.338. The van der Waals surface area contributed by atoms with Gasteiger partial charge in [-0.1, -0.05) is 26.2 Å². The lowest BCUT2D eigenvalue weighted by Crippen LogP contribution is -2.49. The van der Waals surface area contributed by atoms with Gasteiger partial charge in [0.05, 0.1) is 10.7 Å². The largest absolute Gasteiger partial charge is 0.271 e. The third-order valence-electron chi connectivity index (χ3n) is 4.12. The van der Waals surface area contributed by atoms with E-state index in [1.807, 2.05) is 0 Å². The number of rotatable bonds is 4. The van der Waals surface area contributed by atoms with Gasteiger partial charge in [-0.05, 0) is 25.2 Å². The quantitative estimate of drug-likeness (QED) is 0.641. The van der Waals surface area contributed by atoms with Gasteiger partial charge >= 0.3 is 0 Å². The molecule has 0 spiro atoms. The molecule has 0 saturated heterocycles. The van der Waals surface area contributed by atoms with E-state index in [1.54, 1.807) is 11.3 Å². The molecular formula is C13H23N3S. The summed E-state index contributed by atoms with van der Waals surface area (Å²) < 4.78 is 0. The Hall–Kier alpha value is -0.450. The fourth-order valence-electron chi connectivity index (χ4n) is 2.93. The first-order chi connectivity index (χ1) is 8.14. The summed E-state index contributed by atoms with van der Waals surface area (Å²) in [7, 11) is 0. The van der Waals surface area contributed by atoms with Gasteiger partial charge in [-0.25, -0.2) is 4.98 Å². The van der Waals surface area contributed by atoms with Crippen LogP contribution in [0.15, 0.2) is 5.38 Å². The van der Waals surface area contributed by atoms with E-state index in [2.05, 4.69) is 29.6 Å². The highest BCUT2D eigenvalue weighted by atomic mass is 32.1. The second-order valence-corrected chi connectivity index (χ2v) is 6.56. The van der Waals surface area contributed by atoms with Crippen LogP contribution >= 0.6 is 11.3 Å². The van der Waals surface area contributed by atoms with Crippen LogP contribution in [0.2, 0.25) is 0 Å². The van der Waals surface area contributed by atoms with E-state index in [9.17, 15) is 0 Å². The van der Waals surface area contributed by atoms with E-state index in [0.717, 1.165) is 11.4 Å². The lowest BCUT2D eigenvalue weighted by Gasteiger charge is -2.40. The molecule has 1 atom stereocenters. The molecule has 4 heteroatoms. The highest BCUT2D eigenvalue weighted by Gasteiger charge is 2.35. The van der Waals surface area contributed by atoms with Gasteiger partial charge in [0.15, 0.2) is 0 Å². The van der Waals surface area contributed by atoms with Gasteiger partial charge < -0.3 is 0 Å². The Morgan fingerprint density at radius 2 is 2.18 bits per heavy atom. The Morgan fingerprint density at radius 3 is 2.71 bits per heavy atom. The van der Waals surface area contributed by atoms with Gasteiger partial charge in [-0.3, -0.25) is 11.3 Å². The summed E-state index contributed by atoms with van der Waals surface area (Å²) in [5, 5.41) is 3.30. The second kappa shape index (κ2) is 5.46. The van der Waals surface area contributed by atoms with E-state index in [4.69, 9.17) is 5.84 Å². The molecule has 1 saturated carbocycles. The lowest BCUT2D eigenvalue weighted by molar-refractivity contribution is 0.143. The topological polar surface area (TPSA) is 50.9 Å². The normalized spacial score (nSPS) is 21.4. The first kappa shape index (κ1) is 13.0. The number of nitrogens with one attached hydrogen (secondary N) is 1. The van der Waals surface area contributed by atoms with Crippen molar-refractivity contribution in [2.45, 2.75) is 58.4 Å². The molecule has 1 aromatic rings. The molecule has 0 bridgehead atoms. The summed E-state index contributed by atoms with van der Waals surface area (Å²) in [6, 6.07) is 0.351. The smallest absolute Gasteiger partial charge is 0.0897 e. The van der Waals surface area contributed by atoms with E-state index in [1.165, 1.54) is 37.8 Å². The SMILES string of the molecule is Cc1nc(CC(NN)C2(C)CCCCC2)cs1. The minimum atomic E-state index is 0.338. The summed E-state index contributed by atoms with van der Waals surface area (Å²) >= 11 is 1.72. The molecular weight excluding hydrogens is 230 g/mol. The van der Waals surface area contributed by atoms with Crippen molar-refractivity contribution in [3.8, 4) is 0 Å². The van der Waals surface area contributed by atoms with Crippen LogP contribution in [-0.2, 0) is 6.42 Å². The molecule has 1 aliphatic carbocycles. The van der Waals surface area contributed by atoms with Crippen molar-refractivity contribution in [3.05, 3.63) is 16.1 Å². The van der Waals surface area contributed by atoms with E-state index in [-0.39, 0.29) is 0 Å². The predicted octanol–water partition coefficient (Wildman–Crippen LogP) is 2.80. The van der Waals surface area contributed by atoms with Gasteiger partial charge in [0.25, 0.3) is 0 Å². The summed E-state index contributed by atoms with van der Waals surface area (Å²) in [5.41, 5.74) is 4.56.